The maximum atomic E-state index is 12.2. The number of hydrogen-bond acceptors (Lipinski definition) is 5. The van der Waals surface area contributed by atoms with E-state index in [1.165, 1.54) is 0 Å². The van der Waals surface area contributed by atoms with Crippen LogP contribution in [-0.4, -0.2) is 59.6 Å². The molecule has 22 heavy (non-hydrogen) atoms. The van der Waals surface area contributed by atoms with Crippen LogP contribution in [-0.2, 0) is 16.6 Å². The lowest BCUT2D eigenvalue weighted by Crippen LogP contribution is -2.31. The summed E-state index contributed by atoms with van der Waals surface area (Å²) in [5.74, 6) is 0.515. The van der Waals surface area contributed by atoms with E-state index in [0.29, 0.717) is 25.6 Å². The maximum absolute atomic E-state index is 12.2. The molecule has 0 aromatic carbocycles. The van der Waals surface area contributed by atoms with Crippen LogP contribution >= 0.6 is 12.4 Å². The number of aryl methyl sites for hydroxylation is 1. The summed E-state index contributed by atoms with van der Waals surface area (Å²) in [6, 6.07) is 0. The minimum atomic E-state index is -3.14. The zero-order valence-electron chi connectivity index (χ0n) is 12.6. The Labute approximate surface area is 137 Å². The standard InChI is InChI=1S/C13H23N5O2S.ClH/c19-21(20,18-6-1-2-7-18)9-8-17-11-13(15-16-17)12-4-3-5-14-10-12;/h11-12,14H,1-10H2;1H. The topological polar surface area (TPSA) is 80.1 Å². The van der Waals surface area contributed by atoms with Crippen LogP contribution in [0.25, 0.3) is 0 Å². The fraction of sp³-hybridized carbons (Fsp3) is 0.846. The van der Waals surface area contributed by atoms with Crippen molar-refractivity contribution < 1.29 is 8.42 Å². The van der Waals surface area contributed by atoms with Gasteiger partial charge in [-0.15, -0.1) is 17.5 Å². The van der Waals surface area contributed by atoms with Gasteiger partial charge in [0.15, 0.2) is 0 Å². The molecular formula is C13H24ClN5O2S. The van der Waals surface area contributed by atoms with Crippen LogP contribution in [0.3, 0.4) is 0 Å². The second kappa shape index (κ2) is 7.72. The van der Waals surface area contributed by atoms with E-state index in [2.05, 4.69) is 15.6 Å². The summed E-state index contributed by atoms with van der Waals surface area (Å²) in [5, 5.41) is 11.6. The Morgan fingerprint density at radius 2 is 2.05 bits per heavy atom. The van der Waals surface area contributed by atoms with Crippen LogP contribution in [0, 0.1) is 0 Å². The van der Waals surface area contributed by atoms with Crippen molar-refractivity contribution in [1.82, 2.24) is 24.6 Å². The first-order chi connectivity index (χ1) is 10.1. The lowest BCUT2D eigenvalue weighted by molar-refractivity contribution is 0.454. The first-order valence-corrected chi connectivity index (χ1v) is 9.35. The highest BCUT2D eigenvalue weighted by molar-refractivity contribution is 7.89. The van der Waals surface area contributed by atoms with E-state index < -0.39 is 10.0 Å². The van der Waals surface area contributed by atoms with Gasteiger partial charge in [-0.1, -0.05) is 5.21 Å². The van der Waals surface area contributed by atoms with Gasteiger partial charge >= 0.3 is 0 Å². The molecular weight excluding hydrogens is 326 g/mol. The van der Waals surface area contributed by atoms with Crippen molar-refractivity contribution in [2.75, 3.05) is 31.9 Å². The SMILES string of the molecule is Cl.O=S(=O)(CCn1cc(C2CCCNC2)nn1)N1CCCC1. The van der Waals surface area contributed by atoms with E-state index in [-0.39, 0.29) is 18.2 Å². The average Bonchev–Trinajstić information content (AvgIpc) is 3.18. The number of piperidine rings is 1. The molecule has 126 valence electrons. The third-order valence-electron chi connectivity index (χ3n) is 4.31. The van der Waals surface area contributed by atoms with Crippen molar-refractivity contribution in [3.8, 4) is 0 Å². The fourth-order valence-electron chi connectivity index (χ4n) is 3.02. The van der Waals surface area contributed by atoms with Crippen LogP contribution in [0.2, 0.25) is 0 Å². The summed E-state index contributed by atoms with van der Waals surface area (Å²) >= 11 is 0. The van der Waals surface area contributed by atoms with Crippen LogP contribution < -0.4 is 5.32 Å². The molecule has 0 saturated carbocycles. The quantitative estimate of drug-likeness (QED) is 0.841. The molecule has 0 radical (unpaired) electrons. The molecule has 3 rings (SSSR count). The zero-order chi connectivity index (χ0) is 14.7. The molecule has 1 aromatic heterocycles. The van der Waals surface area contributed by atoms with Crippen molar-refractivity contribution >= 4 is 22.4 Å². The van der Waals surface area contributed by atoms with Crippen LogP contribution in [0.4, 0.5) is 0 Å². The summed E-state index contributed by atoms with van der Waals surface area (Å²) in [5.41, 5.74) is 0.973. The monoisotopic (exact) mass is 349 g/mol. The van der Waals surface area contributed by atoms with E-state index >= 15 is 0 Å². The summed E-state index contributed by atoms with van der Waals surface area (Å²) in [6.07, 6.45) is 6.12. The molecule has 9 heteroatoms. The Morgan fingerprint density at radius 3 is 2.73 bits per heavy atom. The third kappa shape index (κ3) is 4.18. The summed E-state index contributed by atoms with van der Waals surface area (Å²) in [7, 11) is -3.14. The second-order valence-electron chi connectivity index (χ2n) is 5.87. The Morgan fingerprint density at radius 1 is 1.27 bits per heavy atom. The zero-order valence-corrected chi connectivity index (χ0v) is 14.3. The summed E-state index contributed by atoms with van der Waals surface area (Å²) in [4.78, 5) is 0. The van der Waals surface area contributed by atoms with E-state index in [9.17, 15) is 8.42 Å². The van der Waals surface area contributed by atoms with E-state index in [1.807, 2.05) is 6.20 Å². The predicted molar refractivity (Wildman–Crippen MR) is 86.7 cm³/mol. The van der Waals surface area contributed by atoms with Gasteiger partial charge in [0.25, 0.3) is 0 Å². The van der Waals surface area contributed by atoms with E-state index in [0.717, 1.165) is 44.5 Å². The molecule has 1 unspecified atom stereocenters. The minimum absolute atomic E-state index is 0. The molecule has 0 aliphatic carbocycles. The summed E-state index contributed by atoms with van der Waals surface area (Å²) < 4.78 is 27.6. The van der Waals surface area contributed by atoms with Gasteiger partial charge in [0.1, 0.15) is 0 Å². The van der Waals surface area contributed by atoms with E-state index in [4.69, 9.17) is 0 Å². The van der Waals surface area contributed by atoms with Gasteiger partial charge in [0, 0.05) is 31.7 Å². The Bertz CT molecular complexity index is 565. The molecule has 2 aliphatic heterocycles. The van der Waals surface area contributed by atoms with Gasteiger partial charge in [-0.25, -0.2) is 12.7 Å². The van der Waals surface area contributed by atoms with Crippen molar-refractivity contribution in [3.63, 3.8) is 0 Å². The van der Waals surface area contributed by atoms with Crippen LogP contribution in [0.15, 0.2) is 6.20 Å². The number of nitrogens with one attached hydrogen (secondary N) is 1. The van der Waals surface area contributed by atoms with Crippen molar-refractivity contribution in [3.05, 3.63) is 11.9 Å². The van der Waals surface area contributed by atoms with Crippen molar-refractivity contribution in [2.24, 2.45) is 0 Å². The van der Waals surface area contributed by atoms with Crippen LogP contribution in [0.1, 0.15) is 37.3 Å². The predicted octanol–water partition coefficient (Wildman–Crippen LogP) is 0.593. The molecule has 2 fully saturated rings. The highest BCUT2D eigenvalue weighted by Crippen LogP contribution is 2.20. The minimum Gasteiger partial charge on any atom is -0.316 e. The summed E-state index contributed by atoms with van der Waals surface area (Å²) in [6.45, 7) is 3.72. The van der Waals surface area contributed by atoms with E-state index in [1.54, 1.807) is 8.99 Å². The van der Waals surface area contributed by atoms with Gasteiger partial charge in [-0.3, -0.25) is 4.68 Å². The molecule has 2 saturated heterocycles. The number of aromatic nitrogens is 3. The molecule has 1 N–H and O–H groups in total. The number of sulfonamides is 1. The van der Waals surface area contributed by atoms with Crippen LogP contribution in [0.5, 0.6) is 0 Å². The lowest BCUT2D eigenvalue weighted by atomic mass is 9.97. The number of hydrogen-bond donors (Lipinski definition) is 1. The molecule has 2 aliphatic rings. The lowest BCUT2D eigenvalue weighted by Gasteiger charge is -2.20. The fourth-order valence-corrected chi connectivity index (χ4v) is 4.51. The van der Waals surface area contributed by atoms with Gasteiger partial charge in [-0.2, -0.15) is 0 Å². The molecule has 3 heterocycles. The first kappa shape index (κ1) is 17.7. The highest BCUT2D eigenvalue weighted by atomic mass is 35.5. The number of nitrogens with zero attached hydrogens (tertiary/aromatic N) is 4. The normalized spacial score (nSPS) is 23.4. The Balaban J connectivity index is 0.00000176. The molecule has 1 aromatic rings. The van der Waals surface area contributed by atoms with Crippen molar-refractivity contribution in [1.29, 1.82) is 0 Å². The molecule has 0 bridgehead atoms. The van der Waals surface area contributed by atoms with Gasteiger partial charge in [-0.05, 0) is 32.2 Å². The van der Waals surface area contributed by atoms with Gasteiger partial charge in [0.05, 0.1) is 18.0 Å². The molecule has 0 spiro atoms. The smallest absolute Gasteiger partial charge is 0.215 e. The first-order valence-electron chi connectivity index (χ1n) is 7.74. The maximum Gasteiger partial charge on any atom is 0.215 e. The molecule has 0 amide bonds. The molecule has 1 atom stereocenters. The number of rotatable bonds is 5. The highest BCUT2D eigenvalue weighted by Gasteiger charge is 2.25. The third-order valence-corrected chi connectivity index (χ3v) is 6.16. The Hall–Kier alpha value is -0.700. The largest absolute Gasteiger partial charge is 0.316 e. The Kier molecular flexibility index (Phi) is 6.19. The second-order valence-corrected chi connectivity index (χ2v) is 7.96. The molecule has 7 nitrogen and oxygen atoms in total. The number of halogens is 1. The van der Waals surface area contributed by atoms with Crippen molar-refractivity contribution in [2.45, 2.75) is 38.1 Å². The average molecular weight is 350 g/mol. The van der Waals surface area contributed by atoms with Gasteiger partial charge < -0.3 is 5.32 Å². The van der Waals surface area contributed by atoms with Gasteiger partial charge in [0.2, 0.25) is 10.0 Å².